The lowest BCUT2D eigenvalue weighted by Crippen LogP contribution is -2.03. The molecule has 74 valence electrons. The number of anilines is 1. The molecule has 0 fully saturated rings. The maximum atomic E-state index is 12.3. The molecule has 0 aliphatic carbocycles. The number of hydrogen-bond donors (Lipinski definition) is 1. The van der Waals surface area contributed by atoms with Crippen molar-refractivity contribution in [3.8, 4) is 6.07 Å². The van der Waals surface area contributed by atoms with Crippen molar-refractivity contribution in [2.75, 3.05) is 5.73 Å². The van der Waals surface area contributed by atoms with Gasteiger partial charge in [-0.1, -0.05) is 0 Å². The molecule has 2 N–H and O–H groups in total. The Labute approximate surface area is 84.1 Å². The molecule has 0 aromatic carbocycles. The molecular weight excluding hydrogens is 212 g/mol. The van der Waals surface area contributed by atoms with Crippen LogP contribution in [-0.4, -0.2) is 4.98 Å². The minimum Gasteiger partial charge on any atom is -0.383 e. The van der Waals surface area contributed by atoms with E-state index in [0.717, 1.165) is 0 Å². The second-order valence-corrected chi connectivity index (χ2v) is 2.78. The maximum absolute atomic E-state index is 12.3. The van der Waals surface area contributed by atoms with Crippen LogP contribution in [-0.2, 0) is 5.88 Å². The van der Waals surface area contributed by atoms with Crippen LogP contribution >= 0.6 is 11.6 Å². The maximum Gasteiger partial charge on any atom is 0.281 e. The molecule has 0 radical (unpaired) electrons. The Kier molecular flexibility index (Phi) is 3.20. The molecule has 0 spiro atoms. The molecule has 0 aliphatic rings. The quantitative estimate of drug-likeness (QED) is 0.773. The van der Waals surface area contributed by atoms with Gasteiger partial charge in [0.15, 0.2) is 0 Å². The minimum absolute atomic E-state index is 0.0387. The summed E-state index contributed by atoms with van der Waals surface area (Å²) in [6.07, 6.45) is -2.81. The van der Waals surface area contributed by atoms with E-state index in [-0.39, 0.29) is 17.3 Å². The van der Waals surface area contributed by atoms with E-state index in [1.807, 2.05) is 0 Å². The number of alkyl halides is 3. The highest BCUT2D eigenvalue weighted by Crippen LogP contribution is 2.24. The number of hydrogen-bond acceptors (Lipinski definition) is 3. The molecule has 0 saturated carbocycles. The molecule has 1 aromatic heterocycles. The zero-order chi connectivity index (χ0) is 10.7. The highest BCUT2D eigenvalue weighted by Gasteiger charge is 2.17. The van der Waals surface area contributed by atoms with Gasteiger partial charge in [-0.15, -0.1) is 11.6 Å². The van der Waals surface area contributed by atoms with Gasteiger partial charge in [-0.2, -0.15) is 5.26 Å². The van der Waals surface area contributed by atoms with Gasteiger partial charge in [0.05, 0.1) is 11.4 Å². The highest BCUT2D eigenvalue weighted by molar-refractivity contribution is 6.17. The Morgan fingerprint density at radius 2 is 2.29 bits per heavy atom. The third-order valence-corrected chi connectivity index (χ3v) is 1.92. The molecule has 1 aromatic rings. The molecule has 1 heterocycles. The molecule has 1 rings (SSSR count). The number of pyridine rings is 1. The molecule has 0 saturated heterocycles. The van der Waals surface area contributed by atoms with Crippen molar-refractivity contribution in [1.82, 2.24) is 4.98 Å². The van der Waals surface area contributed by atoms with Crippen molar-refractivity contribution in [2.24, 2.45) is 0 Å². The van der Waals surface area contributed by atoms with Crippen LogP contribution in [0.25, 0.3) is 0 Å². The lowest BCUT2D eigenvalue weighted by atomic mass is 10.1. The van der Waals surface area contributed by atoms with Crippen LogP contribution in [0.2, 0.25) is 0 Å². The third-order valence-electron chi connectivity index (χ3n) is 1.64. The van der Waals surface area contributed by atoms with E-state index in [1.165, 1.54) is 6.07 Å². The summed E-state index contributed by atoms with van der Waals surface area (Å²) in [5, 5.41) is 8.57. The average Bonchev–Trinajstić information content (AvgIpc) is 2.17. The first-order valence-corrected chi connectivity index (χ1v) is 4.17. The standard InChI is InChI=1S/C8H6ClF2N3/c9-2-4-1-5(3-12)6(7(10)11)14-8(4)13/h1,7H,2H2,(H2,13,14). The lowest BCUT2D eigenvalue weighted by molar-refractivity contribution is 0.146. The fourth-order valence-electron chi connectivity index (χ4n) is 0.947. The van der Waals surface area contributed by atoms with Gasteiger partial charge in [-0.25, -0.2) is 13.8 Å². The number of nitrogen functional groups attached to an aromatic ring is 1. The molecular formula is C8H6ClF2N3. The smallest absolute Gasteiger partial charge is 0.281 e. The predicted octanol–water partition coefficient (Wildman–Crippen LogP) is 2.21. The second-order valence-electron chi connectivity index (χ2n) is 2.51. The topological polar surface area (TPSA) is 62.7 Å². The molecule has 0 unspecified atom stereocenters. The Balaban J connectivity index is 3.33. The van der Waals surface area contributed by atoms with Crippen molar-refractivity contribution < 1.29 is 8.78 Å². The first-order chi connectivity index (χ1) is 6.60. The van der Waals surface area contributed by atoms with E-state index >= 15 is 0 Å². The fraction of sp³-hybridized carbons (Fsp3) is 0.250. The van der Waals surface area contributed by atoms with E-state index < -0.39 is 12.1 Å². The SMILES string of the molecule is N#Cc1cc(CCl)c(N)nc1C(F)F. The summed E-state index contributed by atoms with van der Waals surface area (Å²) in [4.78, 5) is 3.44. The van der Waals surface area contributed by atoms with E-state index in [2.05, 4.69) is 4.98 Å². The van der Waals surface area contributed by atoms with Gasteiger partial charge in [0.2, 0.25) is 0 Å². The first kappa shape index (κ1) is 10.7. The Morgan fingerprint density at radius 1 is 1.64 bits per heavy atom. The second kappa shape index (κ2) is 4.20. The number of nitrogens with zero attached hydrogens (tertiary/aromatic N) is 2. The molecule has 6 heteroatoms. The molecule has 0 bridgehead atoms. The largest absolute Gasteiger partial charge is 0.383 e. The third kappa shape index (κ3) is 1.91. The van der Waals surface area contributed by atoms with Crippen LogP contribution in [0.15, 0.2) is 6.07 Å². The van der Waals surface area contributed by atoms with Gasteiger partial charge in [-0.05, 0) is 6.07 Å². The zero-order valence-corrected chi connectivity index (χ0v) is 7.72. The number of nitrogens with two attached hydrogens (primary N) is 1. The van der Waals surface area contributed by atoms with Crippen molar-refractivity contribution in [1.29, 1.82) is 5.26 Å². The molecule has 0 aliphatic heterocycles. The Hall–Kier alpha value is -1.41. The van der Waals surface area contributed by atoms with Crippen molar-refractivity contribution >= 4 is 17.4 Å². The molecule has 0 amide bonds. The number of rotatable bonds is 2. The van der Waals surface area contributed by atoms with E-state index in [9.17, 15) is 8.78 Å². The number of nitriles is 1. The van der Waals surface area contributed by atoms with E-state index in [4.69, 9.17) is 22.6 Å². The van der Waals surface area contributed by atoms with Gasteiger partial charge in [-0.3, -0.25) is 0 Å². The molecule has 3 nitrogen and oxygen atoms in total. The normalized spacial score (nSPS) is 10.2. The summed E-state index contributed by atoms with van der Waals surface area (Å²) < 4.78 is 24.7. The zero-order valence-electron chi connectivity index (χ0n) is 6.97. The van der Waals surface area contributed by atoms with Gasteiger partial charge < -0.3 is 5.73 Å². The fourth-order valence-corrected chi connectivity index (χ4v) is 1.16. The van der Waals surface area contributed by atoms with Gasteiger partial charge in [0.25, 0.3) is 6.43 Å². The van der Waals surface area contributed by atoms with Crippen LogP contribution in [0.5, 0.6) is 0 Å². The van der Waals surface area contributed by atoms with Crippen molar-refractivity contribution in [3.63, 3.8) is 0 Å². The summed E-state index contributed by atoms with van der Waals surface area (Å²) in [6, 6.07) is 2.86. The predicted molar refractivity (Wildman–Crippen MR) is 47.9 cm³/mol. The van der Waals surface area contributed by atoms with Crippen LogP contribution in [0.1, 0.15) is 23.2 Å². The Bertz CT molecular complexity index is 387. The summed E-state index contributed by atoms with van der Waals surface area (Å²) >= 11 is 5.48. The van der Waals surface area contributed by atoms with Gasteiger partial charge >= 0.3 is 0 Å². The summed E-state index contributed by atoms with van der Waals surface area (Å²) in [6.45, 7) is 0. The lowest BCUT2D eigenvalue weighted by Gasteiger charge is -2.06. The van der Waals surface area contributed by atoms with E-state index in [1.54, 1.807) is 6.07 Å². The summed E-state index contributed by atoms with van der Waals surface area (Å²) in [5.74, 6) is -0.0221. The van der Waals surface area contributed by atoms with Crippen molar-refractivity contribution in [2.45, 2.75) is 12.3 Å². The van der Waals surface area contributed by atoms with Crippen LogP contribution in [0, 0.1) is 11.3 Å². The minimum atomic E-state index is -2.81. The average molecular weight is 218 g/mol. The van der Waals surface area contributed by atoms with Crippen LogP contribution < -0.4 is 5.73 Å². The Morgan fingerprint density at radius 3 is 2.71 bits per heavy atom. The van der Waals surface area contributed by atoms with E-state index in [0.29, 0.717) is 5.56 Å². The summed E-state index contributed by atoms with van der Waals surface area (Å²) in [5.41, 5.74) is 4.95. The number of aromatic nitrogens is 1. The van der Waals surface area contributed by atoms with Crippen LogP contribution in [0.4, 0.5) is 14.6 Å². The van der Waals surface area contributed by atoms with Gasteiger partial charge in [0, 0.05) is 5.56 Å². The monoisotopic (exact) mass is 217 g/mol. The first-order valence-electron chi connectivity index (χ1n) is 3.63. The van der Waals surface area contributed by atoms with Gasteiger partial charge in [0.1, 0.15) is 17.6 Å². The molecule has 0 atom stereocenters. The molecule has 14 heavy (non-hydrogen) atoms. The summed E-state index contributed by atoms with van der Waals surface area (Å²) in [7, 11) is 0. The highest BCUT2D eigenvalue weighted by atomic mass is 35.5. The number of halogens is 3. The van der Waals surface area contributed by atoms with Crippen molar-refractivity contribution in [3.05, 3.63) is 22.9 Å². The van der Waals surface area contributed by atoms with Crippen LogP contribution in [0.3, 0.4) is 0 Å².